The standard InChI is InChI=1S/C31H18N3Si.Ir/c1-2-7-22-20(5-1)6-3-8-23(22)21-10-11-24-30(17-21)35(29-9-4-14-34-31(24)29)27-12-15-32-18-25(27)26-19-33-16-13-28(26)35;/h1-10,12-19H;/q-1;. The van der Waals surface area contributed by atoms with E-state index < -0.39 is 8.07 Å². The van der Waals surface area contributed by atoms with E-state index in [2.05, 4.69) is 94.9 Å². The van der Waals surface area contributed by atoms with Gasteiger partial charge in [0.25, 0.3) is 0 Å². The van der Waals surface area contributed by atoms with Crippen molar-refractivity contribution in [1.82, 2.24) is 15.0 Å². The van der Waals surface area contributed by atoms with Crippen LogP contribution in [0.5, 0.6) is 0 Å². The van der Waals surface area contributed by atoms with Gasteiger partial charge in [0.1, 0.15) is 8.07 Å². The molecule has 1 radical (unpaired) electrons. The Bertz CT molecular complexity index is 1760. The van der Waals surface area contributed by atoms with Gasteiger partial charge in [0.05, 0.1) is 0 Å². The Balaban J connectivity index is 0.00000220. The predicted octanol–water partition coefficient (Wildman–Crippen LogP) is 3.83. The van der Waals surface area contributed by atoms with E-state index in [0.29, 0.717) is 0 Å². The molecule has 2 aliphatic rings. The van der Waals surface area contributed by atoms with E-state index in [1.807, 2.05) is 31.0 Å². The normalized spacial score (nSPS) is 13.6. The number of hydrogen-bond donors (Lipinski definition) is 0. The third-order valence-electron chi connectivity index (χ3n) is 7.63. The molecule has 1 spiro atoms. The van der Waals surface area contributed by atoms with Crippen LogP contribution < -0.4 is 20.7 Å². The van der Waals surface area contributed by atoms with Gasteiger partial charge in [-0.2, -0.15) is 0 Å². The quantitative estimate of drug-likeness (QED) is 0.200. The van der Waals surface area contributed by atoms with E-state index >= 15 is 0 Å². The van der Waals surface area contributed by atoms with E-state index in [9.17, 15) is 0 Å². The Kier molecular flexibility index (Phi) is 4.70. The molecule has 0 aliphatic carbocycles. The number of pyridine rings is 3. The van der Waals surface area contributed by atoms with Crippen LogP contribution in [0.25, 0.3) is 44.3 Å². The van der Waals surface area contributed by atoms with E-state index in [1.165, 1.54) is 53.8 Å². The molecule has 0 saturated carbocycles. The molecule has 0 saturated heterocycles. The number of hydrogen-bond acceptors (Lipinski definition) is 3. The van der Waals surface area contributed by atoms with Crippen molar-refractivity contribution in [3.63, 3.8) is 0 Å². The molecular weight excluding hydrogens is 635 g/mol. The van der Waals surface area contributed by atoms with Crippen LogP contribution in [0, 0.1) is 6.07 Å². The molecule has 5 heteroatoms. The second-order valence-corrected chi connectivity index (χ2v) is 12.9. The zero-order valence-corrected chi connectivity index (χ0v) is 22.5. The van der Waals surface area contributed by atoms with E-state index in [4.69, 9.17) is 4.98 Å². The molecule has 2 aliphatic heterocycles. The second-order valence-electron chi connectivity index (χ2n) is 9.20. The van der Waals surface area contributed by atoms with Gasteiger partial charge in [-0.15, -0.1) is 28.9 Å². The van der Waals surface area contributed by atoms with Crippen LogP contribution in [0.2, 0.25) is 0 Å². The molecule has 5 heterocycles. The summed E-state index contributed by atoms with van der Waals surface area (Å²) in [6.45, 7) is 0. The maximum absolute atomic E-state index is 4.89. The van der Waals surface area contributed by atoms with Crippen LogP contribution in [0.15, 0.2) is 110 Å². The maximum Gasteiger partial charge on any atom is 0.129 e. The number of benzene rings is 3. The van der Waals surface area contributed by atoms with Gasteiger partial charge in [-0.3, -0.25) is 9.97 Å². The van der Waals surface area contributed by atoms with Crippen molar-refractivity contribution in [2.24, 2.45) is 0 Å². The van der Waals surface area contributed by atoms with Crippen molar-refractivity contribution >= 4 is 39.6 Å². The maximum atomic E-state index is 4.89. The summed E-state index contributed by atoms with van der Waals surface area (Å²) in [4.78, 5) is 13.9. The molecule has 3 aromatic heterocycles. The molecule has 0 fully saturated rings. The summed E-state index contributed by atoms with van der Waals surface area (Å²) in [7, 11) is -2.56. The Hall–Kier alpha value is -3.76. The van der Waals surface area contributed by atoms with Crippen LogP contribution in [-0.2, 0) is 20.1 Å². The number of rotatable bonds is 1. The first-order valence-corrected chi connectivity index (χ1v) is 13.8. The van der Waals surface area contributed by atoms with Crippen LogP contribution >= 0.6 is 0 Å². The van der Waals surface area contributed by atoms with Crippen LogP contribution in [0.4, 0.5) is 0 Å². The van der Waals surface area contributed by atoms with Crippen molar-refractivity contribution in [2.75, 3.05) is 0 Å². The van der Waals surface area contributed by atoms with Crippen LogP contribution in [0.1, 0.15) is 0 Å². The summed E-state index contributed by atoms with van der Waals surface area (Å²) in [6, 6.07) is 32.2. The summed E-state index contributed by atoms with van der Waals surface area (Å²) in [5.74, 6) is 0. The minimum absolute atomic E-state index is 0. The molecule has 171 valence electrons. The fourth-order valence-corrected chi connectivity index (χ4v) is 11.7. The minimum Gasteiger partial charge on any atom is -0.305 e. The molecule has 0 bridgehead atoms. The van der Waals surface area contributed by atoms with Gasteiger partial charge in [0.15, 0.2) is 0 Å². The number of nitrogens with zero attached hydrogens (tertiary/aromatic N) is 3. The van der Waals surface area contributed by atoms with Crippen molar-refractivity contribution in [1.29, 1.82) is 0 Å². The summed E-state index contributed by atoms with van der Waals surface area (Å²) in [6.07, 6.45) is 9.77. The second kappa shape index (κ2) is 7.87. The molecule has 3 nitrogen and oxygen atoms in total. The smallest absolute Gasteiger partial charge is 0.129 e. The summed E-state index contributed by atoms with van der Waals surface area (Å²) < 4.78 is 0. The molecule has 0 unspecified atom stereocenters. The average Bonchev–Trinajstić information content (AvgIpc) is 3.40. The Morgan fingerprint density at radius 2 is 1.39 bits per heavy atom. The van der Waals surface area contributed by atoms with Gasteiger partial charge in [0.2, 0.25) is 0 Å². The zero-order chi connectivity index (χ0) is 23.0. The number of fused-ring (bicyclic) bond motifs is 11. The van der Waals surface area contributed by atoms with Gasteiger partial charge in [-0.1, -0.05) is 64.8 Å². The predicted molar refractivity (Wildman–Crippen MR) is 143 cm³/mol. The molecule has 36 heavy (non-hydrogen) atoms. The molecule has 0 amide bonds. The number of aromatic nitrogens is 3. The van der Waals surface area contributed by atoms with E-state index in [1.54, 1.807) is 0 Å². The topological polar surface area (TPSA) is 38.7 Å². The Morgan fingerprint density at radius 3 is 2.19 bits per heavy atom. The first-order valence-electron chi connectivity index (χ1n) is 11.8. The first kappa shape index (κ1) is 21.5. The Morgan fingerprint density at radius 1 is 0.639 bits per heavy atom. The largest absolute Gasteiger partial charge is 0.305 e. The molecule has 8 rings (SSSR count). The van der Waals surface area contributed by atoms with Crippen molar-refractivity contribution in [2.45, 2.75) is 0 Å². The molecular formula is C31H18IrN3Si-. The first-order chi connectivity index (χ1) is 17.4. The van der Waals surface area contributed by atoms with E-state index in [-0.39, 0.29) is 20.1 Å². The average molecular weight is 653 g/mol. The molecule has 0 atom stereocenters. The van der Waals surface area contributed by atoms with Crippen LogP contribution in [-0.4, -0.2) is 23.0 Å². The monoisotopic (exact) mass is 653 g/mol. The molecule has 0 N–H and O–H groups in total. The SMILES string of the molecule is [Ir].[c-]1cc(-c2cccc3ccccc23)cc2c1-c1ncccc1[Si]21c2ccncc2-c2cnccc21. The zero-order valence-electron chi connectivity index (χ0n) is 19.1. The van der Waals surface area contributed by atoms with Crippen molar-refractivity contribution in [3.8, 4) is 33.5 Å². The van der Waals surface area contributed by atoms with Gasteiger partial charge in [0, 0.05) is 62.2 Å². The van der Waals surface area contributed by atoms with Gasteiger partial charge < -0.3 is 4.98 Å². The van der Waals surface area contributed by atoms with Gasteiger partial charge >= 0.3 is 0 Å². The van der Waals surface area contributed by atoms with Gasteiger partial charge in [-0.25, -0.2) is 0 Å². The Labute approximate surface area is 223 Å². The van der Waals surface area contributed by atoms with Crippen molar-refractivity contribution < 1.29 is 20.1 Å². The van der Waals surface area contributed by atoms with Crippen molar-refractivity contribution in [3.05, 3.63) is 116 Å². The van der Waals surface area contributed by atoms with Crippen LogP contribution in [0.3, 0.4) is 0 Å². The fraction of sp³-hybridized carbons (Fsp3) is 0. The third-order valence-corrected chi connectivity index (χ3v) is 12.5. The fourth-order valence-electron chi connectivity index (χ4n) is 6.27. The third kappa shape index (κ3) is 2.62. The van der Waals surface area contributed by atoms with Gasteiger partial charge in [-0.05, 0) is 45.0 Å². The summed E-state index contributed by atoms with van der Waals surface area (Å²) in [5, 5.41) is 7.93. The summed E-state index contributed by atoms with van der Waals surface area (Å²) in [5.41, 5.74) is 7.01. The summed E-state index contributed by atoms with van der Waals surface area (Å²) >= 11 is 0. The molecule has 6 aromatic rings. The van der Waals surface area contributed by atoms with E-state index in [0.717, 1.165) is 11.3 Å². The minimum atomic E-state index is -2.56. The molecule has 3 aromatic carbocycles.